The van der Waals surface area contributed by atoms with Gasteiger partial charge >= 0.3 is 0 Å². The van der Waals surface area contributed by atoms with Crippen molar-refractivity contribution in [1.29, 1.82) is 0 Å². The Balaban J connectivity index is 1.79. The minimum atomic E-state index is 0.866. The molecule has 0 aliphatic carbocycles. The van der Waals surface area contributed by atoms with Crippen molar-refractivity contribution >= 4 is 5.95 Å². The van der Waals surface area contributed by atoms with E-state index < -0.39 is 0 Å². The molecule has 96 valence electrons. The lowest BCUT2D eigenvalue weighted by molar-refractivity contribution is 0.0364. The average Bonchev–Trinajstić information content (AvgIpc) is 2.82. The summed E-state index contributed by atoms with van der Waals surface area (Å²) < 4.78 is 7.53. The van der Waals surface area contributed by atoms with Crippen molar-refractivity contribution in [3.63, 3.8) is 0 Å². The zero-order chi connectivity index (χ0) is 11.9. The summed E-state index contributed by atoms with van der Waals surface area (Å²) in [5.74, 6) is 0.986. The van der Waals surface area contributed by atoms with Gasteiger partial charge in [-0.05, 0) is 6.42 Å². The number of imidazole rings is 1. The van der Waals surface area contributed by atoms with Crippen molar-refractivity contribution in [1.82, 2.24) is 14.5 Å². The van der Waals surface area contributed by atoms with Crippen LogP contribution in [0.4, 0.5) is 5.95 Å². The molecule has 1 aliphatic rings. The SMILES string of the molecule is CCCNc1nccn1CCN1CCOCC1. The molecule has 2 heterocycles. The highest BCUT2D eigenvalue weighted by atomic mass is 16.5. The molecule has 5 heteroatoms. The molecular weight excluding hydrogens is 216 g/mol. The van der Waals surface area contributed by atoms with Gasteiger partial charge in [0.15, 0.2) is 0 Å². The molecule has 0 aromatic carbocycles. The van der Waals surface area contributed by atoms with Crippen LogP contribution in [0.1, 0.15) is 13.3 Å². The van der Waals surface area contributed by atoms with Gasteiger partial charge in [0, 0.05) is 45.1 Å². The van der Waals surface area contributed by atoms with E-state index in [9.17, 15) is 0 Å². The van der Waals surface area contributed by atoms with Crippen molar-refractivity contribution in [2.24, 2.45) is 0 Å². The van der Waals surface area contributed by atoms with Crippen molar-refractivity contribution < 1.29 is 4.74 Å². The first kappa shape index (κ1) is 12.4. The second-order valence-electron chi connectivity index (χ2n) is 4.33. The number of aromatic nitrogens is 2. The van der Waals surface area contributed by atoms with Gasteiger partial charge in [0.05, 0.1) is 13.2 Å². The summed E-state index contributed by atoms with van der Waals surface area (Å²) in [6.07, 6.45) is 5.02. The number of morpholine rings is 1. The zero-order valence-corrected chi connectivity index (χ0v) is 10.6. The second-order valence-corrected chi connectivity index (χ2v) is 4.33. The van der Waals surface area contributed by atoms with Crippen LogP contribution in [0, 0.1) is 0 Å². The predicted octanol–water partition coefficient (Wildman–Crippen LogP) is 1.04. The minimum absolute atomic E-state index is 0.866. The molecule has 2 rings (SSSR count). The number of rotatable bonds is 6. The van der Waals surface area contributed by atoms with Crippen LogP contribution >= 0.6 is 0 Å². The Morgan fingerprint density at radius 1 is 1.35 bits per heavy atom. The van der Waals surface area contributed by atoms with Crippen LogP contribution in [-0.4, -0.2) is 53.8 Å². The van der Waals surface area contributed by atoms with Crippen LogP contribution in [-0.2, 0) is 11.3 Å². The largest absolute Gasteiger partial charge is 0.379 e. The topological polar surface area (TPSA) is 42.3 Å². The monoisotopic (exact) mass is 238 g/mol. The first-order valence-corrected chi connectivity index (χ1v) is 6.45. The predicted molar refractivity (Wildman–Crippen MR) is 68.3 cm³/mol. The van der Waals surface area contributed by atoms with E-state index in [0.29, 0.717) is 0 Å². The highest BCUT2D eigenvalue weighted by Gasteiger charge is 2.10. The minimum Gasteiger partial charge on any atom is -0.379 e. The van der Waals surface area contributed by atoms with E-state index in [4.69, 9.17) is 4.74 Å². The van der Waals surface area contributed by atoms with E-state index in [1.165, 1.54) is 0 Å². The Morgan fingerprint density at radius 3 is 2.94 bits per heavy atom. The van der Waals surface area contributed by atoms with E-state index in [1.54, 1.807) is 0 Å². The maximum Gasteiger partial charge on any atom is 0.202 e. The number of nitrogens with zero attached hydrogens (tertiary/aromatic N) is 3. The quantitative estimate of drug-likeness (QED) is 0.804. The standard InChI is InChI=1S/C12H22N4O/c1-2-3-13-12-14-4-5-16(12)7-6-15-8-10-17-11-9-15/h4-5H,2-3,6-11H2,1H3,(H,13,14). The molecule has 1 aromatic heterocycles. The van der Waals surface area contributed by atoms with Gasteiger partial charge in [-0.2, -0.15) is 0 Å². The van der Waals surface area contributed by atoms with Gasteiger partial charge in [-0.25, -0.2) is 4.98 Å². The third kappa shape index (κ3) is 3.71. The van der Waals surface area contributed by atoms with Gasteiger partial charge in [-0.15, -0.1) is 0 Å². The molecule has 5 nitrogen and oxygen atoms in total. The Labute approximate surface area is 103 Å². The van der Waals surface area contributed by atoms with Crippen LogP contribution in [0.2, 0.25) is 0 Å². The molecule has 0 saturated carbocycles. The summed E-state index contributed by atoms with van der Waals surface area (Å²) in [4.78, 5) is 6.76. The van der Waals surface area contributed by atoms with E-state index >= 15 is 0 Å². The summed E-state index contributed by atoms with van der Waals surface area (Å²) in [5.41, 5.74) is 0. The highest BCUT2D eigenvalue weighted by molar-refractivity contribution is 5.25. The van der Waals surface area contributed by atoms with Crippen LogP contribution in [0.3, 0.4) is 0 Å². The van der Waals surface area contributed by atoms with E-state index in [0.717, 1.165) is 58.3 Å². The fraction of sp³-hybridized carbons (Fsp3) is 0.750. The maximum atomic E-state index is 5.34. The number of nitrogens with one attached hydrogen (secondary N) is 1. The van der Waals surface area contributed by atoms with E-state index in [1.807, 2.05) is 12.4 Å². The van der Waals surface area contributed by atoms with Crippen LogP contribution < -0.4 is 5.32 Å². The van der Waals surface area contributed by atoms with Gasteiger partial charge < -0.3 is 14.6 Å². The molecule has 0 atom stereocenters. The number of ether oxygens (including phenoxy) is 1. The number of hydrogen-bond acceptors (Lipinski definition) is 4. The lowest BCUT2D eigenvalue weighted by atomic mass is 10.4. The lowest BCUT2D eigenvalue weighted by Gasteiger charge is -2.26. The molecular formula is C12H22N4O. The van der Waals surface area contributed by atoms with Crippen LogP contribution in [0.5, 0.6) is 0 Å². The summed E-state index contributed by atoms with van der Waals surface area (Å²) in [6.45, 7) is 9.03. The first-order chi connectivity index (χ1) is 8.40. The molecule has 1 aromatic rings. The number of anilines is 1. The van der Waals surface area contributed by atoms with Crippen molar-refractivity contribution in [3.8, 4) is 0 Å². The van der Waals surface area contributed by atoms with Gasteiger partial charge in [0.25, 0.3) is 0 Å². The Morgan fingerprint density at radius 2 is 2.18 bits per heavy atom. The third-order valence-corrected chi connectivity index (χ3v) is 3.01. The summed E-state index contributed by atoms with van der Waals surface area (Å²) >= 11 is 0. The Bertz CT molecular complexity index is 320. The van der Waals surface area contributed by atoms with Crippen LogP contribution in [0.25, 0.3) is 0 Å². The molecule has 0 radical (unpaired) electrons. The fourth-order valence-electron chi connectivity index (χ4n) is 1.97. The van der Waals surface area contributed by atoms with Crippen molar-refractivity contribution in [3.05, 3.63) is 12.4 Å². The van der Waals surface area contributed by atoms with Crippen molar-refractivity contribution in [2.45, 2.75) is 19.9 Å². The highest BCUT2D eigenvalue weighted by Crippen LogP contribution is 2.05. The second kappa shape index (κ2) is 6.61. The molecule has 17 heavy (non-hydrogen) atoms. The molecule has 1 saturated heterocycles. The first-order valence-electron chi connectivity index (χ1n) is 6.45. The molecule has 0 bridgehead atoms. The lowest BCUT2D eigenvalue weighted by Crippen LogP contribution is -2.38. The molecule has 1 fully saturated rings. The molecule has 0 spiro atoms. The average molecular weight is 238 g/mol. The van der Waals surface area contributed by atoms with Gasteiger partial charge in [-0.1, -0.05) is 6.92 Å². The summed E-state index contributed by atoms with van der Waals surface area (Å²) in [6, 6.07) is 0. The Hall–Kier alpha value is -1.07. The van der Waals surface area contributed by atoms with Crippen LogP contribution in [0.15, 0.2) is 12.4 Å². The summed E-state index contributed by atoms with van der Waals surface area (Å²) in [7, 11) is 0. The smallest absolute Gasteiger partial charge is 0.202 e. The van der Waals surface area contributed by atoms with Gasteiger partial charge in [-0.3, -0.25) is 4.90 Å². The molecule has 1 N–H and O–H groups in total. The molecule has 0 amide bonds. The molecule has 1 aliphatic heterocycles. The normalized spacial score (nSPS) is 17.2. The van der Waals surface area contributed by atoms with E-state index in [-0.39, 0.29) is 0 Å². The zero-order valence-electron chi connectivity index (χ0n) is 10.6. The third-order valence-electron chi connectivity index (χ3n) is 3.01. The number of hydrogen-bond donors (Lipinski definition) is 1. The molecule has 0 unspecified atom stereocenters. The van der Waals surface area contributed by atoms with Crippen molar-refractivity contribution in [2.75, 3.05) is 44.7 Å². The summed E-state index contributed by atoms with van der Waals surface area (Å²) in [5, 5.41) is 3.34. The van der Waals surface area contributed by atoms with Gasteiger partial charge in [0.1, 0.15) is 0 Å². The Kier molecular flexibility index (Phi) is 4.82. The maximum absolute atomic E-state index is 5.34. The van der Waals surface area contributed by atoms with E-state index in [2.05, 4.69) is 26.7 Å². The van der Waals surface area contributed by atoms with Gasteiger partial charge in [0.2, 0.25) is 5.95 Å². The fourth-order valence-corrected chi connectivity index (χ4v) is 1.97.